The number of nitrogens with zero attached hydrogens (tertiary/aromatic N) is 2. The molecule has 1 aromatic carbocycles. The van der Waals surface area contributed by atoms with Gasteiger partial charge in [0.1, 0.15) is 5.58 Å². The van der Waals surface area contributed by atoms with E-state index in [4.69, 9.17) is 4.42 Å². The van der Waals surface area contributed by atoms with Crippen LogP contribution in [0.25, 0.3) is 11.0 Å². The van der Waals surface area contributed by atoms with Crippen LogP contribution in [-0.2, 0) is 6.54 Å². The lowest BCUT2D eigenvalue weighted by Crippen LogP contribution is -1.98. The molecule has 4 heteroatoms. The van der Waals surface area contributed by atoms with Crippen molar-refractivity contribution in [3.8, 4) is 0 Å². The number of hydrogen-bond donors (Lipinski definition) is 0. The first kappa shape index (κ1) is 11.7. The number of rotatable bonds is 3. The molecule has 0 spiro atoms. The highest BCUT2D eigenvalue weighted by molar-refractivity contribution is 6.08. The third kappa shape index (κ3) is 1.95. The Morgan fingerprint density at radius 2 is 2.26 bits per heavy atom. The maximum atomic E-state index is 12.3. The van der Waals surface area contributed by atoms with Crippen LogP contribution in [0.15, 0.2) is 41.1 Å². The zero-order chi connectivity index (χ0) is 13.4. The predicted octanol–water partition coefficient (Wildman–Crippen LogP) is 3.19. The molecule has 0 amide bonds. The van der Waals surface area contributed by atoms with Crippen molar-refractivity contribution in [2.75, 3.05) is 0 Å². The van der Waals surface area contributed by atoms with E-state index in [0.717, 1.165) is 23.1 Å². The highest BCUT2D eigenvalue weighted by atomic mass is 16.3. The Morgan fingerprint density at radius 1 is 1.42 bits per heavy atom. The first-order chi connectivity index (χ1) is 9.19. The normalized spacial score (nSPS) is 11.1. The van der Waals surface area contributed by atoms with E-state index in [-0.39, 0.29) is 5.78 Å². The molecule has 3 aromatic rings. The molecule has 2 aromatic heterocycles. The zero-order valence-corrected chi connectivity index (χ0v) is 10.9. The highest BCUT2D eigenvalue weighted by Gasteiger charge is 2.16. The topological polar surface area (TPSA) is 48.0 Å². The van der Waals surface area contributed by atoms with Crippen LogP contribution >= 0.6 is 0 Å². The molecule has 0 N–H and O–H groups in total. The second kappa shape index (κ2) is 4.39. The molecule has 0 saturated heterocycles. The fraction of sp³-hybridized carbons (Fsp3) is 0.200. The number of ketones is 1. The maximum absolute atomic E-state index is 12.3. The Labute approximate surface area is 110 Å². The summed E-state index contributed by atoms with van der Waals surface area (Å²) >= 11 is 0. The molecule has 0 aliphatic rings. The summed E-state index contributed by atoms with van der Waals surface area (Å²) in [6.45, 7) is 4.69. The molecule has 0 radical (unpaired) electrons. The number of hydrogen-bond acceptors (Lipinski definition) is 3. The van der Waals surface area contributed by atoms with Crippen LogP contribution in [0, 0.1) is 6.92 Å². The van der Waals surface area contributed by atoms with Crippen LogP contribution in [0.3, 0.4) is 0 Å². The number of carbonyl (C=O) groups excluding carboxylic acids is 1. The van der Waals surface area contributed by atoms with Crippen molar-refractivity contribution in [2.45, 2.75) is 20.4 Å². The van der Waals surface area contributed by atoms with E-state index in [1.165, 1.54) is 0 Å². The van der Waals surface area contributed by atoms with Crippen molar-refractivity contribution in [2.24, 2.45) is 0 Å². The van der Waals surface area contributed by atoms with Gasteiger partial charge in [-0.3, -0.25) is 9.48 Å². The lowest BCUT2D eigenvalue weighted by Gasteiger charge is -1.93. The van der Waals surface area contributed by atoms with Crippen molar-refractivity contribution in [1.82, 2.24) is 9.78 Å². The second-order valence-corrected chi connectivity index (χ2v) is 4.52. The van der Waals surface area contributed by atoms with Gasteiger partial charge in [-0.1, -0.05) is 18.2 Å². The number of aromatic nitrogens is 2. The molecule has 3 rings (SSSR count). The van der Waals surface area contributed by atoms with Gasteiger partial charge >= 0.3 is 0 Å². The monoisotopic (exact) mass is 254 g/mol. The molecule has 0 aliphatic carbocycles. The van der Waals surface area contributed by atoms with E-state index < -0.39 is 0 Å². The van der Waals surface area contributed by atoms with E-state index in [9.17, 15) is 4.79 Å². The van der Waals surface area contributed by atoms with Gasteiger partial charge in [0.2, 0.25) is 5.78 Å². The molecule has 96 valence electrons. The molecular formula is C15H14N2O2. The Bertz CT molecular complexity index is 752. The van der Waals surface area contributed by atoms with E-state index in [1.807, 2.05) is 32.0 Å². The minimum absolute atomic E-state index is 0.129. The summed E-state index contributed by atoms with van der Waals surface area (Å²) in [5.74, 6) is 0.232. The Kier molecular flexibility index (Phi) is 2.71. The van der Waals surface area contributed by atoms with Crippen LogP contribution in [0.2, 0.25) is 0 Å². The average molecular weight is 254 g/mol. The van der Waals surface area contributed by atoms with Crippen molar-refractivity contribution in [3.05, 3.63) is 53.5 Å². The van der Waals surface area contributed by atoms with E-state index in [2.05, 4.69) is 5.10 Å². The number of aryl methyl sites for hydroxylation is 2. The van der Waals surface area contributed by atoms with Crippen LogP contribution < -0.4 is 0 Å². The van der Waals surface area contributed by atoms with Gasteiger partial charge in [0.15, 0.2) is 5.76 Å². The fourth-order valence-electron chi connectivity index (χ4n) is 2.12. The quantitative estimate of drug-likeness (QED) is 0.674. The van der Waals surface area contributed by atoms with Crippen molar-refractivity contribution < 1.29 is 9.21 Å². The molecular weight excluding hydrogens is 240 g/mol. The zero-order valence-electron chi connectivity index (χ0n) is 10.9. The molecule has 0 saturated carbocycles. The minimum Gasteiger partial charge on any atom is -0.452 e. The van der Waals surface area contributed by atoms with Gasteiger partial charge < -0.3 is 4.42 Å². The number of para-hydroxylation sites is 1. The van der Waals surface area contributed by atoms with Gasteiger partial charge in [-0.15, -0.1) is 0 Å². The summed E-state index contributed by atoms with van der Waals surface area (Å²) < 4.78 is 7.39. The smallest absolute Gasteiger partial charge is 0.231 e. The molecule has 0 atom stereocenters. The summed E-state index contributed by atoms with van der Waals surface area (Å²) in [7, 11) is 0. The fourth-order valence-corrected chi connectivity index (χ4v) is 2.12. The molecule has 19 heavy (non-hydrogen) atoms. The van der Waals surface area contributed by atoms with Gasteiger partial charge in [-0.2, -0.15) is 5.10 Å². The van der Waals surface area contributed by atoms with E-state index in [0.29, 0.717) is 11.3 Å². The predicted molar refractivity (Wildman–Crippen MR) is 72.3 cm³/mol. The SMILES string of the molecule is CCn1cc(C(=O)c2cc3cccc(C)c3o2)cn1. The first-order valence-electron chi connectivity index (χ1n) is 6.25. The summed E-state index contributed by atoms with van der Waals surface area (Å²) in [6.07, 6.45) is 3.31. The molecule has 0 unspecified atom stereocenters. The second-order valence-electron chi connectivity index (χ2n) is 4.52. The molecule has 2 heterocycles. The average Bonchev–Trinajstić information content (AvgIpc) is 3.05. The van der Waals surface area contributed by atoms with Crippen molar-refractivity contribution in [1.29, 1.82) is 0 Å². The first-order valence-corrected chi connectivity index (χ1v) is 6.25. The van der Waals surface area contributed by atoms with Crippen LogP contribution in [-0.4, -0.2) is 15.6 Å². The standard InChI is InChI=1S/C15H14N2O2/c1-3-17-9-12(8-16-17)14(18)13-7-11-6-4-5-10(2)15(11)19-13/h4-9H,3H2,1-2H3. The van der Waals surface area contributed by atoms with Crippen molar-refractivity contribution in [3.63, 3.8) is 0 Å². The van der Waals surface area contributed by atoms with E-state index >= 15 is 0 Å². The summed E-state index contributed by atoms with van der Waals surface area (Å²) in [6, 6.07) is 7.65. The molecule has 0 bridgehead atoms. The lowest BCUT2D eigenvalue weighted by molar-refractivity contribution is 0.101. The molecule has 4 nitrogen and oxygen atoms in total. The number of fused-ring (bicyclic) bond motifs is 1. The van der Waals surface area contributed by atoms with Crippen LogP contribution in [0.1, 0.15) is 28.6 Å². The largest absolute Gasteiger partial charge is 0.452 e. The third-order valence-electron chi connectivity index (χ3n) is 3.18. The van der Waals surface area contributed by atoms with Gasteiger partial charge in [0.25, 0.3) is 0 Å². The Balaban J connectivity index is 2.04. The van der Waals surface area contributed by atoms with Crippen LogP contribution in [0.4, 0.5) is 0 Å². The number of furan rings is 1. The molecule has 0 fully saturated rings. The Morgan fingerprint density at radius 3 is 2.95 bits per heavy atom. The summed E-state index contributed by atoms with van der Waals surface area (Å²) in [5.41, 5.74) is 2.35. The number of carbonyl (C=O) groups is 1. The van der Waals surface area contributed by atoms with E-state index in [1.54, 1.807) is 23.1 Å². The lowest BCUT2D eigenvalue weighted by atomic mass is 10.1. The maximum Gasteiger partial charge on any atom is 0.231 e. The van der Waals surface area contributed by atoms with Crippen LogP contribution in [0.5, 0.6) is 0 Å². The Hall–Kier alpha value is -2.36. The van der Waals surface area contributed by atoms with Gasteiger partial charge in [-0.25, -0.2) is 0 Å². The minimum atomic E-state index is -0.129. The third-order valence-corrected chi connectivity index (χ3v) is 3.18. The van der Waals surface area contributed by atoms with Crippen molar-refractivity contribution >= 4 is 16.8 Å². The van der Waals surface area contributed by atoms with Gasteiger partial charge in [-0.05, 0) is 25.5 Å². The summed E-state index contributed by atoms with van der Waals surface area (Å²) in [4.78, 5) is 12.3. The van der Waals surface area contributed by atoms with Gasteiger partial charge in [0, 0.05) is 18.1 Å². The number of benzene rings is 1. The summed E-state index contributed by atoms with van der Waals surface area (Å²) in [5, 5.41) is 5.06. The molecule has 0 aliphatic heterocycles. The van der Waals surface area contributed by atoms with Gasteiger partial charge in [0.05, 0.1) is 11.8 Å². The highest BCUT2D eigenvalue weighted by Crippen LogP contribution is 2.24.